The monoisotopic (exact) mass is 357 g/mol. The number of methoxy groups -OCH3 is 1. The first-order chi connectivity index (χ1) is 13.2. The first-order valence-corrected chi connectivity index (χ1v) is 8.63. The normalized spacial score (nSPS) is 10.7. The van der Waals surface area contributed by atoms with E-state index in [2.05, 4.69) is 14.9 Å². The summed E-state index contributed by atoms with van der Waals surface area (Å²) in [7, 11) is 3.66. The van der Waals surface area contributed by atoms with Crippen LogP contribution >= 0.6 is 0 Å². The van der Waals surface area contributed by atoms with Gasteiger partial charge >= 0.3 is 0 Å². The lowest BCUT2D eigenvalue weighted by atomic mass is 10.1. The predicted octanol–water partition coefficient (Wildman–Crippen LogP) is 4.37. The molecule has 1 N–H and O–H groups in total. The number of anilines is 2. The first kappa shape index (κ1) is 16.8. The number of hydrogen-bond acceptors (Lipinski definition) is 4. The average Bonchev–Trinajstić information content (AvgIpc) is 2.73. The molecule has 0 aliphatic carbocycles. The minimum absolute atomic E-state index is 0.130. The maximum absolute atomic E-state index is 12.3. The molecule has 3 aromatic carbocycles. The van der Waals surface area contributed by atoms with Crippen LogP contribution in [0.4, 0.5) is 11.4 Å². The molecule has 0 radical (unpaired) electrons. The Morgan fingerprint density at radius 2 is 1.52 bits per heavy atom. The fourth-order valence-corrected chi connectivity index (χ4v) is 3.02. The van der Waals surface area contributed by atoms with Crippen LogP contribution in [0.25, 0.3) is 22.3 Å². The van der Waals surface area contributed by atoms with Crippen LogP contribution in [0.2, 0.25) is 0 Å². The molecule has 0 bridgehead atoms. The Hall–Kier alpha value is -3.60. The molecule has 134 valence electrons. The third kappa shape index (κ3) is 3.27. The van der Waals surface area contributed by atoms with E-state index < -0.39 is 0 Å². The van der Waals surface area contributed by atoms with Gasteiger partial charge in [0.15, 0.2) is 0 Å². The van der Waals surface area contributed by atoms with Gasteiger partial charge in [0, 0.05) is 24.0 Å². The van der Waals surface area contributed by atoms with Crippen molar-refractivity contribution < 1.29 is 4.74 Å². The molecule has 1 heterocycles. The van der Waals surface area contributed by atoms with Gasteiger partial charge in [-0.3, -0.25) is 4.79 Å². The Morgan fingerprint density at radius 3 is 2.19 bits per heavy atom. The van der Waals surface area contributed by atoms with Crippen LogP contribution in [-0.2, 0) is 0 Å². The number of hydrogen-bond donors (Lipinski definition) is 1. The van der Waals surface area contributed by atoms with Gasteiger partial charge in [-0.1, -0.05) is 12.1 Å². The smallest absolute Gasteiger partial charge is 0.259 e. The van der Waals surface area contributed by atoms with Crippen LogP contribution in [-0.4, -0.2) is 24.1 Å². The van der Waals surface area contributed by atoms with E-state index in [1.807, 2.05) is 73.8 Å². The molecular weight excluding hydrogens is 338 g/mol. The Bertz CT molecular complexity index is 1130. The lowest BCUT2D eigenvalue weighted by molar-refractivity contribution is 0.415. The number of aromatic nitrogens is 2. The summed E-state index contributed by atoms with van der Waals surface area (Å²) in [5.41, 5.74) is 3.52. The SMILES string of the molecule is COc1ccc(N(C)c2ccc(-c3nc4ccccc4c(=O)[nH]3)cc2)cc1. The van der Waals surface area contributed by atoms with E-state index in [-0.39, 0.29) is 5.56 Å². The Balaban J connectivity index is 1.64. The predicted molar refractivity (Wildman–Crippen MR) is 109 cm³/mol. The fourth-order valence-electron chi connectivity index (χ4n) is 3.02. The van der Waals surface area contributed by atoms with Crippen LogP contribution in [0, 0.1) is 0 Å². The fraction of sp³-hybridized carbons (Fsp3) is 0.0909. The number of H-pyrrole nitrogens is 1. The highest BCUT2D eigenvalue weighted by atomic mass is 16.5. The number of nitrogens with one attached hydrogen (secondary N) is 1. The Labute approximate surface area is 156 Å². The number of para-hydroxylation sites is 1. The highest BCUT2D eigenvalue weighted by Crippen LogP contribution is 2.27. The number of rotatable bonds is 4. The maximum atomic E-state index is 12.3. The number of fused-ring (bicyclic) bond motifs is 1. The first-order valence-electron chi connectivity index (χ1n) is 8.63. The quantitative estimate of drug-likeness (QED) is 0.589. The molecule has 0 saturated carbocycles. The van der Waals surface area contributed by atoms with Crippen molar-refractivity contribution in [2.24, 2.45) is 0 Å². The summed E-state index contributed by atoms with van der Waals surface area (Å²) in [5, 5.41) is 0.595. The molecule has 0 atom stereocenters. The molecule has 0 saturated heterocycles. The van der Waals surface area contributed by atoms with Crippen molar-refractivity contribution in [1.29, 1.82) is 0 Å². The lowest BCUT2D eigenvalue weighted by Crippen LogP contribution is -2.10. The van der Waals surface area contributed by atoms with Crippen LogP contribution in [0.3, 0.4) is 0 Å². The summed E-state index contributed by atoms with van der Waals surface area (Å²) < 4.78 is 5.21. The third-order valence-corrected chi connectivity index (χ3v) is 4.60. The molecule has 5 nitrogen and oxygen atoms in total. The Kier molecular flexibility index (Phi) is 4.34. The number of nitrogens with zero attached hydrogens (tertiary/aromatic N) is 2. The molecule has 5 heteroatoms. The zero-order valence-electron chi connectivity index (χ0n) is 15.1. The standard InChI is InChI=1S/C22H19N3O2/c1-25(17-11-13-18(27-2)14-12-17)16-9-7-15(8-10-16)21-23-20-6-4-3-5-19(20)22(26)24-21/h3-14H,1-2H3,(H,23,24,26). The highest BCUT2D eigenvalue weighted by Gasteiger charge is 2.08. The molecular formula is C22H19N3O2. The summed E-state index contributed by atoms with van der Waals surface area (Å²) in [4.78, 5) is 21.8. The second-order valence-electron chi connectivity index (χ2n) is 6.24. The summed E-state index contributed by atoms with van der Waals surface area (Å²) in [6, 6.07) is 23.2. The van der Waals surface area contributed by atoms with E-state index in [4.69, 9.17) is 4.74 Å². The van der Waals surface area contributed by atoms with Crippen molar-refractivity contribution in [1.82, 2.24) is 9.97 Å². The van der Waals surface area contributed by atoms with Gasteiger partial charge in [0.05, 0.1) is 18.0 Å². The van der Waals surface area contributed by atoms with Crippen LogP contribution < -0.4 is 15.2 Å². The molecule has 4 rings (SSSR count). The highest BCUT2D eigenvalue weighted by molar-refractivity contribution is 5.79. The van der Waals surface area contributed by atoms with E-state index in [1.54, 1.807) is 13.2 Å². The van der Waals surface area contributed by atoms with Crippen LogP contribution in [0.15, 0.2) is 77.6 Å². The number of ether oxygens (including phenoxy) is 1. The van der Waals surface area contributed by atoms with Gasteiger partial charge < -0.3 is 14.6 Å². The van der Waals surface area contributed by atoms with E-state index in [0.29, 0.717) is 16.7 Å². The van der Waals surface area contributed by atoms with Crippen LogP contribution in [0.5, 0.6) is 5.75 Å². The summed E-state index contributed by atoms with van der Waals surface area (Å²) in [5.74, 6) is 1.39. The molecule has 4 aromatic rings. The van der Waals surface area contributed by atoms with Crippen molar-refractivity contribution in [2.75, 3.05) is 19.1 Å². The minimum atomic E-state index is -0.130. The summed E-state index contributed by atoms with van der Waals surface area (Å²) in [6.07, 6.45) is 0. The van der Waals surface area contributed by atoms with E-state index >= 15 is 0 Å². The summed E-state index contributed by atoms with van der Waals surface area (Å²) in [6.45, 7) is 0. The lowest BCUT2D eigenvalue weighted by Gasteiger charge is -2.20. The molecule has 0 aliphatic rings. The van der Waals surface area contributed by atoms with Gasteiger partial charge in [-0.15, -0.1) is 0 Å². The third-order valence-electron chi connectivity index (χ3n) is 4.60. The topological polar surface area (TPSA) is 58.2 Å². The van der Waals surface area contributed by atoms with Crippen LogP contribution in [0.1, 0.15) is 0 Å². The molecule has 0 aliphatic heterocycles. The molecule has 0 fully saturated rings. The molecule has 27 heavy (non-hydrogen) atoms. The zero-order valence-corrected chi connectivity index (χ0v) is 15.1. The maximum Gasteiger partial charge on any atom is 0.259 e. The van der Waals surface area contributed by atoms with Crippen molar-refractivity contribution >= 4 is 22.3 Å². The molecule has 0 unspecified atom stereocenters. The second kappa shape index (κ2) is 6.96. The van der Waals surface area contributed by atoms with Gasteiger partial charge in [0.2, 0.25) is 0 Å². The van der Waals surface area contributed by atoms with Gasteiger partial charge in [-0.05, 0) is 60.7 Å². The van der Waals surface area contributed by atoms with Gasteiger partial charge in [0.25, 0.3) is 5.56 Å². The number of benzene rings is 3. The van der Waals surface area contributed by atoms with Gasteiger partial charge in [-0.25, -0.2) is 4.98 Å². The average molecular weight is 357 g/mol. The molecule has 1 aromatic heterocycles. The van der Waals surface area contributed by atoms with E-state index in [9.17, 15) is 4.79 Å². The van der Waals surface area contributed by atoms with Crippen molar-refractivity contribution in [3.8, 4) is 17.1 Å². The Morgan fingerprint density at radius 1 is 0.889 bits per heavy atom. The van der Waals surface area contributed by atoms with E-state index in [1.165, 1.54) is 0 Å². The van der Waals surface area contributed by atoms with Gasteiger partial charge in [0.1, 0.15) is 11.6 Å². The van der Waals surface area contributed by atoms with Crippen molar-refractivity contribution in [2.45, 2.75) is 0 Å². The number of aromatic amines is 1. The van der Waals surface area contributed by atoms with Crippen molar-refractivity contribution in [3.63, 3.8) is 0 Å². The summed E-state index contributed by atoms with van der Waals surface area (Å²) >= 11 is 0. The molecule has 0 spiro atoms. The second-order valence-corrected chi connectivity index (χ2v) is 6.24. The van der Waals surface area contributed by atoms with E-state index in [0.717, 1.165) is 22.7 Å². The van der Waals surface area contributed by atoms with Gasteiger partial charge in [-0.2, -0.15) is 0 Å². The largest absolute Gasteiger partial charge is 0.497 e. The molecule has 0 amide bonds. The zero-order chi connectivity index (χ0) is 18.8. The van der Waals surface area contributed by atoms with Crippen molar-refractivity contribution in [3.05, 3.63) is 83.2 Å². The minimum Gasteiger partial charge on any atom is -0.497 e.